The van der Waals surface area contributed by atoms with Crippen LogP contribution in [-0.4, -0.2) is 70.0 Å². The second-order valence-corrected chi connectivity index (χ2v) is 9.05. The maximum Gasteiger partial charge on any atom is 0.275 e. The minimum atomic E-state index is -0.774. The second kappa shape index (κ2) is 11.1. The van der Waals surface area contributed by atoms with Crippen molar-refractivity contribution in [3.8, 4) is 0 Å². The van der Waals surface area contributed by atoms with Crippen LogP contribution in [-0.2, 0) is 21.4 Å². The molecule has 0 unspecified atom stereocenters. The quantitative estimate of drug-likeness (QED) is 0.603. The van der Waals surface area contributed by atoms with E-state index in [2.05, 4.69) is 21.0 Å². The Kier molecular flexibility index (Phi) is 8.25. The third kappa shape index (κ3) is 5.92. The van der Waals surface area contributed by atoms with Gasteiger partial charge in [0.25, 0.3) is 5.91 Å². The Labute approximate surface area is 199 Å². The molecule has 1 fully saturated rings. The van der Waals surface area contributed by atoms with Crippen molar-refractivity contribution in [1.82, 2.24) is 30.6 Å². The molecule has 1 aromatic heterocycles. The summed E-state index contributed by atoms with van der Waals surface area (Å²) in [6, 6.07) is 6.06. The van der Waals surface area contributed by atoms with Gasteiger partial charge in [0.1, 0.15) is 12.1 Å². The summed E-state index contributed by atoms with van der Waals surface area (Å²) in [5.41, 5.74) is 1.23. The smallest absolute Gasteiger partial charge is 0.275 e. The summed E-state index contributed by atoms with van der Waals surface area (Å²) in [4.78, 5) is 52.7. The van der Waals surface area contributed by atoms with Gasteiger partial charge in [0, 0.05) is 38.5 Å². The number of carbonyl (C=O) groups excluding carboxylic acids is 4. The van der Waals surface area contributed by atoms with E-state index < -0.39 is 18.0 Å². The molecule has 0 saturated carbocycles. The lowest BCUT2D eigenvalue weighted by Gasteiger charge is -2.24. The first-order chi connectivity index (χ1) is 16.2. The number of rotatable bonds is 2. The Morgan fingerprint density at radius 2 is 1.76 bits per heavy atom. The van der Waals surface area contributed by atoms with E-state index in [4.69, 9.17) is 0 Å². The third-order valence-corrected chi connectivity index (χ3v) is 6.00. The fourth-order valence-corrected chi connectivity index (χ4v) is 4.05. The molecular formula is C24H34N6O4. The fourth-order valence-electron chi connectivity index (χ4n) is 4.05. The Bertz CT molecular complexity index is 1060. The van der Waals surface area contributed by atoms with Crippen molar-refractivity contribution >= 4 is 34.5 Å². The number of aryl methyl sites for hydroxylation is 1. The number of nitrogens with one attached hydrogen (secondary N) is 3. The molecule has 0 aliphatic carbocycles. The minimum absolute atomic E-state index is 0.127. The first-order valence-corrected chi connectivity index (χ1v) is 11.8. The molecule has 0 spiro atoms. The van der Waals surface area contributed by atoms with Gasteiger partial charge < -0.3 is 20.9 Å². The van der Waals surface area contributed by atoms with Crippen LogP contribution in [0.25, 0.3) is 10.9 Å². The normalized spacial score (nSPS) is 21.4. The van der Waals surface area contributed by atoms with Crippen LogP contribution in [0, 0.1) is 5.92 Å². The van der Waals surface area contributed by atoms with Crippen molar-refractivity contribution in [2.75, 3.05) is 19.6 Å². The van der Waals surface area contributed by atoms with E-state index in [-0.39, 0.29) is 30.1 Å². The van der Waals surface area contributed by atoms with Crippen LogP contribution in [0.3, 0.4) is 0 Å². The van der Waals surface area contributed by atoms with Gasteiger partial charge >= 0.3 is 0 Å². The summed E-state index contributed by atoms with van der Waals surface area (Å²) in [6.07, 6.45) is 1.15. The van der Waals surface area contributed by atoms with E-state index in [1.54, 1.807) is 23.6 Å². The second-order valence-electron chi connectivity index (χ2n) is 9.05. The molecule has 2 heterocycles. The molecule has 3 rings (SSSR count). The Morgan fingerprint density at radius 3 is 2.50 bits per heavy atom. The van der Waals surface area contributed by atoms with Crippen LogP contribution in [0.2, 0.25) is 0 Å². The Morgan fingerprint density at radius 1 is 1.06 bits per heavy atom. The highest BCUT2D eigenvalue weighted by atomic mass is 16.2. The number of hydrogen-bond acceptors (Lipinski definition) is 5. The summed E-state index contributed by atoms with van der Waals surface area (Å²) in [5.74, 6) is -1.31. The summed E-state index contributed by atoms with van der Waals surface area (Å²) in [5, 5.41) is 13.5. The SMILES string of the molecule is CC(C)[C@H]1NC(=O)[C@@H](C)NC(=O)CCCN(C(=O)c2nn(C)c3ccccc23)CCCNC1=O. The Balaban J connectivity index is 1.79. The largest absolute Gasteiger partial charge is 0.354 e. The molecule has 34 heavy (non-hydrogen) atoms. The monoisotopic (exact) mass is 470 g/mol. The zero-order chi connectivity index (χ0) is 24.8. The van der Waals surface area contributed by atoms with E-state index >= 15 is 0 Å². The van der Waals surface area contributed by atoms with Gasteiger partial charge in [-0.25, -0.2) is 0 Å². The van der Waals surface area contributed by atoms with E-state index in [1.807, 2.05) is 38.1 Å². The highest BCUT2D eigenvalue weighted by Gasteiger charge is 2.27. The molecule has 184 valence electrons. The van der Waals surface area contributed by atoms with Gasteiger partial charge in [0.15, 0.2) is 5.69 Å². The first kappa shape index (κ1) is 25.2. The first-order valence-electron chi connectivity index (χ1n) is 11.8. The minimum Gasteiger partial charge on any atom is -0.354 e. The molecule has 4 amide bonds. The zero-order valence-electron chi connectivity index (χ0n) is 20.3. The molecule has 0 radical (unpaired) electrons. The molecule has 1 aromatic carbocycles. The van der Waals surface area contributed by atoms with Crippen LogP contribution in [0.1, 0.15) is 50.5 Å². The molecule has 1 saturated heterocycles. The topological polar surface area (TPSA) is 125 Å². The highest BCUT2D eigenvalue weighted by molar-refractivity contribution is 6.04. The van der Waals surface area contributed by atoms with Crippen LogP contribution in [0.15, 0.2) is 24.3 Å². The molecule has 10 nitrogen and oxygen atoms in total. The van der Waals surface area contributed by atoms with Crippen LogP contribution in [0.4, 0.5) is 0 Å². The lowest BCUT2D eigenvalue weighted by atomic mass is 10.0. The maximum absolute atomic E-state index is 13.4. The summed E-state index contributed by atoms with van der Waals surface area (Å²) < 4.78 is 1.68. The molecule has 0 bridgehead atoms. The lowest BCUT2D eigenvalue weighted by Crippen LogP contribution is -2.54. The van der Waals surface area contributed by atoms with Crippen LogP contribution >= 0.6 is 0 Å². The average molecular weight is 471 g/mol. The maximum atomic E-state index is 13.4. The van der Waals surface area contributed by atoms with Gasteiger partial charge in [-0.15, -0.1) is 0 Å². The predicted octanol–water partition coefficient (Wildman–Crippen LogP) is 0.961. The van der Waals surface area contributed by atoms with E-state index in [9.17, 15) is 19.2 Å². The van der Waals surface area contributed by atoms with Crippen molar-refractivity contribution < 1.29 is 19.2 Å². The third-order valence-electron chi connectivity index (χ3n) is 6.00. The lowest BCUT2D eigenvalue weighted by molar-refractivity contribution is -0.132. The number of fused-ring (bicyclic) bond motifs is 1. The molecule has 3 N–H and O–H groups in total. The number of carbonyl (C=O) groups is 4. The number of nitrogens with zero attached hydrogens (tertiary/aromatic N) is 3. The summed E-state index contributed by atoms with van der Waals surface area (Å²) in [6.45, 7) is 6.40. The van der Waals surface area contributed by atoms with Crippen molar-refractivity contribution in [3.05, 3.63) is 30.0 Å². The summed E-state index contributed by atoms with van der Waals surface area (Å²) in [7, 11) is 1.80. The van der Waals surface area contributed by atoms with Gasteiger partial charge in [-0.3, -0.25) is 23.9 Å². The molecule has 2 aromatic rings. The van der Waals surface area contributed by atoms with Gasteiger partial charge in [0.2, 0.25) is 17.7 Å². The van der Waals surface area contributed by atoms with E-state index in [1.165, 1.54) is 0 Å². The van der Waals surface area contributed by atoms with Crippen LogP contribution < -0.4 is 16.0 Å². The van der Waals surface area contributed by atoms with E-state index in [0.29, 0.717) is 38.2 Å². The fraction of sp³-hybridized carbons (Fsp3) is 0.542. The zero-order valence-corrected chi connectivity index (χ0v) is 20.3. The average Bonchev–Trinajstić information content (AvgIpc) is 3.14. The number of amides is 4. The van der Waals surface area contributed by atoms with Crippen molar-refractivity contribution in [1.29, 1.82) is 0 Å². The molecular weight excluding hydrogens is 436 g/mol. The number of hydrogen-bond donors (Lipinski definition) is 3. The van der Waals surface area contributed by atoms with Crippen molar-refractivity contribution in [2.24, 2.45) is 13.0 Å². The van der Waals surface area contributed by atoms with Crippen molar-refractivity contribution in [3.63, 3.8) is 0 Å². The van der Waals surface area contributed by atoms with E-state index in [0.717, 1.165) is 10.9 Å². The van der Waals surface area contributed by atoms with Gasteiger partial charge in [-0.2, -0.15) is 5.10 Å². The Hall–Kier alpha value is -3.43. The van der Waals surface area contributed by atoms with Gasteiger partial charge in [0.05, 0.1) is 5.52 Å². The standard InChI is InChI=1S/C24H34N6O4/c1-15(2)20-23(33)25-12-8-14-30(13-7-11-19(31)26-16(3)22(32)27-20)24(34)21-17-9-5-6-10-18(17)29(4)28-21/h5-6,9-10,15-16,20H,7-8,11-14H2,1-4H3,(H,25,33)(H,26,31)(H,27,32)/t16-,20-/m1/s1. The number of aromatic nitrogens is 2. The molecule has 10 heteroatoms. The van der Waals surface area contributed by atoms with Crippen molar-refractivity contribution in [2.45, 2.75) is 52.1 Å². The van der Waals surface area contributed by atoms with Gasteiger partial charge in [-0.05, 0) is 31.7 Å². The molecule has 1 aliphatic heterocycles. The predicted molar refractivity (Wildman–Crippen MR) is 128 cm³/mol. The number of benzene rings is 1. The highest BCUT2D eigenvalue weighted by Crippen LogP contribution is 2.19. The van der Waals surface area contributed by atoms with Crippen LogP contribution in [0.5, 0.6) is 0 Å². The number of para-hydroxylation sites is 1. The molecule has 2 atom stereocenters. The van der Waals surface area contributed by atoms with Gasteiger partial charge in [-0.1, -0.05) is 32.0 Å². The molecule has 1 aliphatic rings. The summed E-state index contributed by atoms with van der Waals surface area (Å²) >= 11 is 0.